The lowest BCUT2D eigenvalue weighted by molar-refractivity contribution is 0.311. The van der Waals surface area contributed by atoms with Gasteiger partial charge in [-0.25, -0.2) is 4.52 Å². The first kappa shape index (κ1) is 26.9. The van der Waals surface area contributed by atoms with Crippen LogP contribution in [0.3, 0.4) is 0 Å². The number of nitrogens with zero attached hydrogens (tertiary/aromatic N) is 5. The Hall–Kier alpha value is -3.64. The first-order valence-corrected chi connectivity index (χ1v) is 15.0. The van der Waals surface area contributed by atoms with Gasteiger partial charge < -0.3 is 15.4 Å². The Labute approximate surface area is 228 Å². The smallest absolute Gasteiger partial charge is 0.264 e. The molecule has 0 aliphatic carbocycles. The number of pyridine rings is 1. The maximum absolute atomic E-state index is 11.1. The van der Waals surface area contributed by atoms with Crippen LogP contribution in [0.4, 0.5) is 5.82 Å². The van der Waals surface area contributed by atoms with Crippen molar-refractivity contribution in [1.82, 2.24) is 24.7 Å². The molecule has 5 rings (SSSR count). The highest BCUT2D eigenvalue weighted by molar-refractivity contribution is 7.85. The Balaban J connectivity index is 1.22. The number of hydrogen-bond acceptors (Lipinski definition) is 9. The van der Waals surface area contributed by atoms with Crippen molar-refractivity contribution in [2.45, 2.75) is 51.6 Å². The van der Waals surface area contributed by atoms with E-state index in [0.717, 1.165) is 78.9 Å². The molecule has 5 heterocycles. The summed E-state index contributed by atoms with van der Waals surface area (Å²) in [6, 6.07) is 6.10. The molecule has 1 saturated heterocycles. The Morgan fingerprint density at radius 1 is 1.26 bits per heavy atom. The van der Waals surface area contributed by atoms with Crippen LogP contribution < -0.4 is 15.4 Å². The summed E-state index contributed by atoms with van der Waals surface area (Å²) in [5.74, 6) is 1.46. The quantitative estimate of drug-likeness (QED) is 0.196. The summed E-state index contributed by atoms with van der Waals surface area (Å²) in [5.41, 5.74) is 6.23. The number of dihydropyridines is 1. The number of ether oxygens (including phenoxy) is 1. The normalized spacial score (nSPS) is 18.4. The average Bonchev–Trinajstić information content (AvgIpc) is 3.41. The van der Waals surface area contributed by atoms with Crippen LogP contribution >= 0.6 is 0 Å². The second-order valence-corrected chi connectivity index (χ2v) is 11.7. The van der Waals surface area contributed by atoms with Crippen LogP contribution in [0.15, 0.2) is 59.2 Å². The highest BCUT2D eigenvalue weighted by Gasteiger charge is 2.18. The van der Waals surface area contributed by atoms with E-state index in [-0.39, 0.29) is 12.8 Å². The van der Waals surface area contributed by atoms with Crippen molar-refractivity contribution in [3.63, 3.8) is 0 Å². The molecule has 39 heavy (non-hydrogen) atoms. The predicted octanol–water partition coefficient (Wildman–Crippen LogP) is 4.01. The molecule has 0 radical (unpaired) electrons. The van der Waals surface area contributed by atoms with Crippen molar-refractivity contribution in [2.75, 3.05) is 24.7 Å². The van der Waals surface area contributed by atoms with Crippen LogP contribution in [0.25, 0.3) is 16.8 Å². The summed E-state index contributed by atoms with van der Waals surface area (Å²) in [6.45, 7) is 3.33. The second-order valence-electron chi connectivity index (χ2n) is 10.0. The van der Waals surface area contributed by atoms with Gasteiger partial charge in [0.05, 0.1) is 24.6 Å². The number of unbranched alkanes of at least 4 members (excludes halogenated alkanes) is 2. The Bertz CT molecular complexity index is 1530. The zero-order valence-electron chi connectivity index (χ0n) is 22.6. The Kier molecular flexibility index (Phi) is 8.03. The maximum atomic E-state index is 11.1. The summed E-state index contributed by atoms with van der Waals surface area (Å²) in [4.78, 5) is 4.90. The number of aromatic nitrogens is 4. The zero-order valence-corrected chi connectivity index (χ0v) is 23.4. The van der Waals surface area contributed by atoms with E-state index in [0.29, 0.717) is 12.2 Å². The molecule has 12 heteroatoms. The van der Waals surface area contributed by atoms with Crippen LogP contribution in [0, 0.1) is 0 Å². The first-order chi connectivity index (χ1) is 18.7. The van der Waals surface area contributed by atoms with E-state index in [4.69, 9.17) is 19.0 Å². The fourth-order valence-electron chi connectivity index (χ4n) is 4.67. The van der Waals surface area contributed by atoms with Gasteiger partial charge in [-0.3, -0.25) is 13.9 Å². The molecule has 208 valence electrons. The van der Waals surface area contributed by atoms with Gasteiger partial charge in [0.1, 0.15) is 18.1 Å². The van der Waals surface area contributed by atoms with E-state index in [9.17, 15) is 8.42 Å². The average molecular weight is 554 g/mol. The summed E-state index contributed by atoms with van der Waals surface area (Å²) in [5, 5.41) is 15.8. The number of hydrogen-bond donors (Lipinski definition) is 2. The monoisotopic (exact) mass is 553 g/mol. The fourth-order valence-corrected chi connectivity index (χ4v) is 5.09. The van der Waals surface area contributed by atoms with Gasteiger partial charge in [-0.2, -0.15) is 18.6 Å². The van der Waals surface area contributed by atoms with Crippen molar-refractivity contribution in [2.24, 2.45) is 12.0 Å². The third-order valence-electron chi connectivity index (χ3n) is 6.66. The lowest BCUT2D eigenvalue weighted by Gasteiger charge is -2.20. The number of allylic oxidation sites excluding steroid dienone is 1. The molecule has 1 fully saturated rings. The predicted molar refractivity (Wildman–Crippen MR) is 151 cm³/mol. The van der Waals surface area contributed by atoms with Crippen molar-refractivity contribution in [3.8, 4) is 17.0 Å². The summed E-state index contributed by atoms with van der Waals surface area (Å²) in [7, 11) is -1.47. The molecule has 2 N–H and O–H groups in total. The maximum Gasteiger partial charge on any atom is 0.264 e. The molecule has 2 aliphatic heterocycles. The van der Waals surface area contributed by atoms with Crippen molar-refractivity contribution >= 4 is 27.2 Å². The summed E-state index contributed by atoms with van der Waals surface area (Å²) < 4.78 is 36.5. The molecule has 0 spiro atoms. The molecule has 0 aromatic carbocycles. The van der Waals surface area contributed by atoms with Gasteiger partial charge in [0.15, 0.2) is 11.6 Å². The molecule has 0 amide bonds. The van der Waals surface area contributed by atoms with Gasteiger partial charge in [0.25, 0.3) is 10.1 Å². The van der Waals surface area contributed by atoms with Crippen molar-refractivity contribution in [1.29, 1.82) is 0 Å². The van der Waals surface area contributed by atoms with Crippen molar-refractivity contribution in [3.05, 3.63) is 54.2 Å². The minimum absolute atomic E-state index is 0.0896. The first-order valence-electron chi connectivity index (χ1n) is 13.2. The number of anilines is 1. The molecule has 1 unspecified atom stereocenters. The summed E-state index contributed by atoms with van der Waals surface area (Å²) >= 11 is 0. The van der Waals surface area contributed by atoms with Gasteiger partial charge in [-0.15, -0.1) is 0 Å². The number of rotatable bonds is 12. The number of fused-ring (bicyclic) bond motifs is 1. The second kappa shape index (κ2) is 11.6. The van der Waals surface area contributed by atoms with E-state index in [1.807, 2.05) is 34.6 Å². The van der Waals surface area contributed by atoms with Crippen LogP contribution in [-0.2, 0) is 21.3 Å². The minimum atomic E-state index is -3.37. The zero-order chi connectivity index (χ0) is 27.4. The van der Waals surface area contributed by atoms with Gasteiger partial charge in [0, 0.05) is 55.7 Å². The largest absolute Gasteiger partial charge is 0.459 e. The molecule has 0 saturated carbocycles. The number of nitrogens with one attached hydrogen (secondary N) is 2. The lowest BCUT2D eigenvalue weighted by atomic mass is 10.0. The SMILES string of the molecule is CC1=CC(CCCCCOS(C)(=O)=O)=NC(Nc2cc3cc(-c4c(O/C=C5/CCN5)cnn4C)ccn3n2)C1. The highest BCUT2D eigenvalue weighted by Crippen LogP contribution is 2.31. The summed E-state index contributed by atoms with van der Waals surface area (Å²) in [6.07, 6.45) is 13.7. The third kappa shape index (κ3) is 7.07. The minimum Gasteiger partial charge on any atom is -0.459 e. The van der Waals surface area contributed by atoms with E-state index in [1.54, 1.807) is 12.5 Å². The number of aliphatic imine (C=N–C) groups is 1. The van der Waals surface area contributed by atoms with E-state index in [2.05, 4.69) is 34.8 Å². The third-order valence-corrected chi connectivity index (χ3v) is 7.25. The van der Waals surface area contributed by atoms with Crippen LogP contribution in [-0.4, -0.2) is 59.1 Å². The molecule has 1 atom stereocenters. The van der Waals surface area contributed by atoms with Gasteiger partial charge in [-0.1, -0.05) is 12.0 Å². The number of aryl methyl sites for hydroxylation is 1. The van der Waals surface area contributed by atoms with Crippen molar-refractivity contribution < 1.29 is 17.3 Å². The lowest BCUT2D eigenvalue weighted by Crippen LogP contribution is -2.27. The van der Waals surface area contributed by atoms with E-state index >= 15 is 0 Å². The molecule has 3 aromatic heterocycles. The van der Waals surface area contributed by atoms with Gasteiger partial charge in [-0.05, 0) is 44.4 Å². The van der Waals surface area contributed by atoms with E-state index < -0.39 is 10.1 Å². The molecule has 2 aliphatic rings. The standard InChI is InChI=1S/C27H35N7O4S/c1-19-13-21(7-5-4-6-12-38-39(3,35)36)30-25(14-19)31-26-16-23-15-20(9-11-34(23)32-26)27-24(17-29-33(27)2)37-18-22-8-10-28-22/h9,11,13,15-18,25,28H,4-8,10,12,14H2,1-3H3,(H,31,32)/b22-18-. The van der Waals surface area contributed by atoms with Crippen LogP contribution in [0.1, 0.15) is 45.4 Å². The van der Waals surface area contributed by atoms with Crippen LogP contribution in [0.5, 0.6) is 5.75 Å². The van der Waals surface area contributed by atoms with Gasteiger partial charge >= 0.3 is 0 Å². The Morgan fingerprint density at radius 2 is 2.10 bits per heavy atom. The van der Waals surface area contributed by atoms with E-state index in [1.165, 1.54) is 5.57 Å². The molecular formula is C27H35N7O4S. The Morgan fingerprint density at radius 3 is 2.87 bits per heavy atom. The van der Waals surface area contributed by atoms with Crippen LogP contribution in [0.2, 0.25) is 0 Å². The fraction of sp³-hybridized carbons (Fsp3) is 0.444. The van der Waals surface area contributed by atoms with Gasteiger partial charge in [0.2, 0.25) is 0 Å². The molecule has 3 aromatic rings. The highest BCUT2D eigenvalue weighted by atomic mass is 32.2. The molecular weight excluding hydrogens is 518 g/mol. The topological polar surface area (TPSA) is 124 Å². The molecule has 11 nitrogen and oxygen atoms in total. The molecule has 0 bridgehead atoms.